The third-order valence-electron chi connectivity index (χ3n) is 6.77. The lowest BCUT2D eigenvalue weighted by molar-refractivity contribution is -0.0690. The van der Waals surface area contributed by atoms with Crippen LogP contribution in [-0.2, 0) is 12.1 Å². The summed E-state index contributed by atoms with van der Waals surface area (Å²) in [5, 5.41) is 15.9. The third-order valence-corrected chi connectivity index (χ3v) is 7.26. The van der Waals surface area contributed by atoms with E-state index < -0.39 is 23.3 Å². The lowest BCUT2D eigenvalue weighted by atomic mass is 9.84. The molecule has 2 heterocycles. The molecule has 2 aromatic carbocycles. The van der Waals surface area contributed by atoms with Crippen molar-refractivity contribution < 1.29 is 13.9 Å². The zero-order valence-corrected chi connectivity index (χ0v) is 20.3. The van der Waals surface area contributed by atoms with Gasteiger partial charge in [-0.2, -0.15) is 5.10 Å². The Kier molecular flexibility index (Phi) is 7.11. The molecule has 1 aliphatic rings. The van der Waals surface area contributed by atoms with Crippen LogP contribution in [0.5, 0.6) is 0 Å². The van der Waals surface area contributed by atoms with Crippen molar-refractivity contribution in [2.45, 2.75) is 44.0 Å². The van der Waals surface area contributed by atoms with Crippen molar-refractivity contribution in [2.24, 2.45) is 0 Å². The lowest BCUT2D eigenvalue weighted by Gasteiger charge is -2.45. The molecule has 0 unspecified atom stereocenters. The van der Waals surface area contributed by atoms with E-state index in [1.165, 1.54) is 29.5 Å². The molecule has 6 nitrogen and oxygen atoms in total. The Hall–Kier alpha value is -2.36. The van der Waals surface area contributed by atoms with Gasteiger partial charge in [0.05, 0.1) is 6.54 Å². The van der Waals surface area contributed by atoms with Crippen LogP contribution in [0.15, 0.2) is 59.6 Å². The quantitative estimate of drug-likeness (QED) is 0.507. The van der Waals surface area contributed by atoms with Crippen molar-refractivity contribution in [3.05, 3.63) is 76.8 Å². The topological polar surface area (TPSA) is 57.4 Å². The van der Waals surface area contributed by atoms with Crippen LogP contribution >= 0.6 is 15.9 Å². The number of hydrogen-bond acceptors (Lipinski definition) is 5. The molecule has 33 heavy (non-hydrogen) atoms. The molecule has 4 rings (SSSR count). The van der Waals surface area contributed by atoms with Crippen LogP contribution in [0, 0.1) is 11.6 Å². The maximum absolute atomic E-state index is 14.8. The first kappa shape index (κ1) is 23.8. The highest BCUT2D eigenvalue weighted by atomic mass is 79.9. The maximum Gasteiger partial charge on any atom is 0.137 e. The van der Waals surface area contributed by atoms with Crippen molar-refractivity contribution in [3.63, 3.8) is 0 Å². The van der Waals surface area contributed by atoms with Crippen molar-refractivity contribution in [2.75, 3.05) is 25.0 Å². The number of rotatable bonds is 7. The summed E-state index contributed by atoms with van der Waals surface area (Å²) in [7, 11) is 2.10. The number of aromatic nitrogens is 3. The van der Waals surface area contributed by atoms with E-state index in [0.717, 1.165) is 42.2 Å². The average Bonchev–Trinajstić information content (AvgIpc) is 3.31. The Morgan fingerprint density at radius 3 is 2.61 bits per heavy atom. The van der Waals surface area contributed by atoms with E-state index in [4.69, 9.17) is 0 Å². The summed E-state index contributed by atoms with van der Waals surface area (Å²) in [6, 6.07) is 11.5. The number of likely N-dealkylation sites (tertiary alicyclic amines) is 1. The highest BCUT2D eigenvalue weighted by molar-refractivity contribution is 9.10. The maximum atomic E-state index is 14.8. The zero-order chi connectivity index (χ0) is 23.6. The van der Waals surface area contributed by atoms with E-state index >= 15 is 0 Å². The fourth-order valence-corrected chi connectivity index (χ4v) is 5.10. The first-order valence-electron chi connectivity index (χ1n) is 11.0. The molecule has 0 aliphatic carbocycles. The van der Waals surface area contributed by atoms with Gasteiger partial charge in [0.2, 0.25) is 0 Å². The molecular formula is C24H28BrF2N5O. The predicted molar refractivity (Wildman–Crippen MR) is 127 cm³/mol. The molecule has 9 heteroatoms. The van der Waals surface area contributed by atoms with Gasteiger partial charge in [-0.25, -0.2) is 18.4 Å². The Bertz CT molecular complexity index is 1070. The minimum atomic E-state index is -1.62. The van der Waals surface area contributed by atoms with Gasteiger partial charge < -0.3 is 10.0 Å². The molecule has 1 N–H and O–H groups in total. The largest absolute Gasteiger partial charge is 0.381 e. The van der Waals surface area contributed by atoms with Gasteiger partial charge >= 0.3 is 0 Å². The Balaban J connectivity index is 1.53. The highest BCUT2D eigenvalue weighted by Crippen LogP contribution is 2.34. The van der Waals surface area contributed by atoms with Crippen molar-refractivity contribution in [1.82, 2.24) is 19.7 Å². The number of piperidine rings is 1. The Morgan fingerprint density at radius 2 is 1.97 bits per heavy atom. The molecule has 1 fully saturated rings. The number of aliphatic hydroxyl groups is 1. The third kappa shape index (κ3) is 5.10. The molecular weight excluding hydrogens is 492 g/mol. The number of hydrogen-bond donors (Lipinski definition) is 1. The van der Waals surface area contributed by atoms with Crippen molar-refractivity contribution in [1.29, 1.82) is 0 Å². The van der Waals surface area contributed by atoms with Crippen LogP contribution in [0.1, 0.15) is 25.3 Å². The summed E-state index contributed by atoms with van der Waals surface area (Å²) in [6.07, 6.45) is 4.66. The summed E-state index contributed by atoms with van der Waals surface area (Å²) >= 11 is 3.53. The molecule has 1 aliphatic heterocycles. The molecule has 3 aromatic rings. The van der Waals surface area contributed by atoms with Crippen LogP contribution in [0.4, 0.5) is 14.5 Å². The van der Waals surface area contributed by atoms with Gasteiger partial charge in [-0.15, -0.1) is 0 Å². The van der Waals surface area contributed by atoms with Gasteiger partial charge in [0.1, 0.15) is 29.9 Å². The van der Waals surface area contributed by atoms with Gasteiger partial charge in [0, 0.05) is 54.0 Å². The smallest absolute Gasteiger partial charge is 0.137 e. The molecule has 0 radical (unpaired) electrons. The van der Waals surface area contributed by atoms with E-state index in [2.05, 4.69) is 55.0 Å². The van der Waals surface area contributed by atoms with Crippen LogP contribution in [0.25, 0.3) is 0 Å². The van der Waals surface area contributed by atoms with Gasteiger partial charge in [-0.1, -0.05) is 28.1 Å². The molecule has 176 valence electrons. The average molecular weight is 520 g/mol. The Morgan fingerprint density at radius 1 is 1.21 bits per heavy atom. The van der Waals surface area contributed by atoms with Gasteiger partial charge in [0.15, 0.2) is 0 Å². The second-order valence-electron chi connectivity index (χ2n) is 8.68. The normalized spacial score (nSPS) is 18.1. The van der Waals surface area contributed by atoms with Crippen molar-refractivity contribution in [3.8, 4) is 0 Å². The molecule has 0 bridgehead atoms. The summed E-state index contributed by atoms with van der Waals surface area (Å²) in [5.74, 6) is -1.45. The molecule has 1 aromatic heterocycles. The number of benzene rings is 2. The van der Waals surface area contributed by atoms with Gasteiger partial charge in [-0.3, -0.25) is 4.90 Å². The molecule has 0 amide bonds. The molecule has 2 atom stereocenters. The fourth-order valence-electron chi connectivity index (χ4n) is 4.71. The minimum Gasteiger partial charge on any atom is -0.381 e. The first-order valence-corrected chi connectivity index (χ1v) is 11.8. The molecule has 1 saturated heterocycles. The molecule has 0 spiro atoms. The standard InChI is InChI=1S/C24H28BrF2N5O/c1-17(31-10-8-20(9-11-31)30(2)21-5-3-4-18(25)12-21)24(33,14-32-16-28-15-29-32)22-7-6-19(26)13-23(22)27/h3-7,12-13,15-17,20,33H,8-11,14H2,1-2H3/t17-,24-/m1/s1. The van der Waals surface area contributed by atoms with E-state index in [0.29, 0.717) is 6.04 Å². The predicted octanol–water partition coefficient (Wildman–Crippen LogP) is 4.20. The summed E-state index contributed by atoms with van der Waals surface area (Å²) in [5.41, 5.74) is -0.415. The van der Waals surface area contributed by atoms with Gasteiger partial charge in [-0.05, 0) is 44.0 Å². The number of nitrogens with zero attached hydrogens (tertiary/aromatic N) is 5. The van der Waals surface area contributed by atoms with E-state index in [1.807, 2.05) is 19.1 Å². The highest BCUT2D eigenvalue weighted by Gasteiger charge is 2.43. The van der Waals surface area contributed by atoms with Crippen LogP contribution in [0.3, 0.4) is 0 Å². The van der Waals surface area contributed by atoms with Crippen LogP contribution < -0.4 is 4.90 Å². The second-order valence-corrected chi connectivity index (χ2v) is 9.59. The summed E-state index contributed by atoms with van der Waals surface area (Å²) in [4.78, 5) is 8.39. The monoisotopic (exact) mass is 519 g/mol. The number of anilines is 1. The molecule has 0 saturated carbocycles. The van der Waals surface area contributed by atoms with Gasteiger partial charge in [0.25, 0.3) is 0 Å². The fraction of sp³-hybridized carbons (Fsp3) is 0.417. The zero-order valence-electron chi connectivity index (χ0n) is 18.7. The lowest BCUT2D eigenvalue weighted by Crippen LogP contribution is -2.55. The minimum absolute atomic E-state index is 0.00852. The van der Waals surface area contributed by atoms with Crippen LogP contribution in [0.2, 0.25) is 0 Å². The summed E-state index contributed by atoms with van der Waals surface area (Å²) < 4.78 is 30.9. The summed E-state index contributed by atoms with van der Waals surface area (Å²) in [6.45, 7) is 3.38. The van der Waals surface area contributed by atoms with Crippen LogP contribution in [-0.4, -0.2) is 57.0 Å². The first-order chi connectivity index (χ1) is 15.8. The van der Waals surface area contributed by atoms with Crippen molar-refractivity contribution >= 4 is 21.6 Å². The van der Waals surface area contributed by atoms with E-state index in [-0.39, 0.29) is 12.1 Å². The van der Waals surface area contributed by atoms with E-state index in [1.54, 1.807) is 0 Å². The SMILES string of the molecule is C[C@@H](N1CCC(N(C)c2cccc(Br)c2)CC1)[C@](O)(Cn1cncn1)c1ccc(F)cc1F. The number of halogens is 3. The Labute approximate surface area is 201 Å². The van der Waals surface area contributed by atoms with E-state index in [9.17, 15) is 13.9 Å². The second kappa shape index (κ2) is 9.87.